The van der Waals surface area contributed by atoms with Crippen molar-refractivity contribution in [3.63, 3.8) is 0 Å². The fourth-order valence-corrected chi connectivity index (χ4v) is 6.14. The number of aromatic amines is 1. The summed E-state index contributed by atoms with van der Waals surface area (Å²) in [5, 5.41) is 17.6. The topological polar surface area (TPSA) is 118 Å². The highest BCUT2D eigenvalue weighted by Gasteiger charge is 2.25. The number of cyclic esters (lactones) is 1. The maximum absolute atomic E-state index is 15.5. The van der Waals surface area contributed by atoms with Crippen molar-refractivity contribution >= 4 is 23.0 Å². The number of fused-ring (bicyclic) bond motifs is 8. The van der Waals surface area contributed by atoms with E-state index in [1.54, 1.807) is 29.2 Å². The van der Waals surface area contributed by atoms with Crippen molar-refractivity contribution in [1.82, 2.24) is 20.1 Å². The lowest BCUT2D eigenvalue weighted by Gasteiger charge is -2.27. The summed E-state index contributed by atoms with van der Waals surface area (Å²) >= 11 is 0. The van der Waals surface area contributed by atoms with Crippen LogP contribution in [0.4, 0.5) is 13.6 Å². The van der Waals surface area contributed by atoms with E-state index in [0.29, 0.717) is 42.5 Å². The first kappa shape index (κ1) is 31.8. The molecule has 2 aromatic heterocycles. The number of benzene rings is 3. The first-order chi connectivity index (χ1) is 22.6. The van der Waals surface area contributed by atoms with Crippen LogP contribution in [0.1, 0.15) is 62.3 Å². The predicted octanol–water partition coefficient (Wildman–Crippen LogP) is 7.94. The molecule has 1 amide bonds. The van der Waals surface area contributed by atoms with Gasteiger partial charge in [-0.1, -0.05) is 24.3 Å². The number of carboxylic acid groups (broad SMARTS) is 1. The lowest BCUT2D eigenvalue weighted by molar-refractivity contribution is -0.136. The zero-order valence-electron chi connectivity index (χ0n) is 26.2. The van der Waals surface area contributed by atoms with Crippen molar-refractivity contribution < 1.29 is 33.0 Å². The Morgan fingerprint density at radius 3 is 2.79 bits per heavy atom. The van der Waals surface area contributed by atoms with Crippen LogP contribution >= 0.6 is 0 Å². The Balaban J connectivity index is 1.41. The molecule has 1 atom stereocenters. The third kappa shape index (κ3) is 7.29. The first-order valence-electron chi connectivity index (χ1n) is 15.6. The number of aromatic nitrogens is 3. The van der Waals surface area contributed by atoms with Crippen LogP contribution in [-0.2, 0) is 22.4 Å². The summed E-state index contributed by atoms with van der Waals surface area (Å²) in [5.74, 6) is -1.82. The van der Waals surface area contributed by atoms with Gasteiger partial charge in [0.2, 0.25) is 0 Å². The van der Waals surface area contributed by atoms with E-state index < -0.39 is 29.2 Å². The molecular formula is C36H36F2N4O5. The summed E-state index contributed by atoms with van der Waals surface area (Å²) in [6.45, 7) is 3.82. The minimum atomic E-state index is -0.871. The third-order valence-corrected chi connectivity index (χ3v) is 8.50. The largest absolute Gasteiger partial charge is 0.481 e. The van der Waals surface area contributed by atoms with Gasteiger partial charge >= 0.3 is 12.1 Å². The van der Waals surface area contributed by atoms with Gasteiger partial charge in [-0.25, -0.2) is 13.6 Å². The maximum atomic E-state index is 15.5. The standard InChI is InChI=1S/C36H36F2N4O5/c1-36(2)15-4-7-32(23-6-3-5-22(19-23)8-11-33(43)44)42-17-13-30(41-42)27-20-24(9-10-28(27)37)47-34-26(14-18-46-35(45)40-36)25-12-16-39-31(25)21-29(34)38/h3,5-6,9-10,12-13,16-17,19-21,32,39H,4,7-8,11,14-15,18H2,1-2H3,(H,40,45)(H,43,44). The minimum absolute atomic E-state index is 0.0120. The van der Waals surface area contributed by atoms with Crippen molar-refractivity contribution in [3.8, 4) is 22.8 Å². The average Bonchev–Trinajstić information content (AvgIpc) is 3.70. The van der Waals surface area contributed by atoms with Gasteiger partial charge in [-0.15, -0.1) is 0 Å². The number of hydrogen-bond donors (Lipinski definition) is 3. The summed E-state index contributed by atoms with van der Waals surface area (Å²) in [6, 6.07) is 16.5. The Kier molecular flexibility index (Phi) is 8.97. The molecule has 0 saturated carbocycles. The molecule has 3 heterocycles. The van der Waals surface area contributed by atoms with Crippen LogP contribution in [0.15, 0.2) is 73.1 Å². The number of alkyl carbamates (subject to hydrolysis) is 1. The molecule has 9 nitrogen and oxygen atoms in total. The summed E-state index contributed by atoms with van der Waals surface area (Å²) in [5.41, 5.74) is 2.86. The number of carbonyl (C=O) groups excluding carboxylic acids is 1. The number of halogens is 2. The zero-order chi connectivity index (χ0) is 33.1. The van der Waals surface area contributed by atoms with Gasteiger partial charge in [-0.05, 0) is 81.0 Å². The van der Waals surface area contributed by atoms with E-state index in [4.69, 9.17) is 14.6 Å². The van der Waals surface area contributed by atoms with Crippen LogP contribution in [0, 0.1) is 11.6 Å². The van der Waals surface area contributed by atoms with E-state index in [9.17, 15) is 14.7 Å². The van der Waals surface area contributed by atoms with Gasteiger partial charge in [0.05, 0.1) is 18.3 Å². The van der Waals surface area contributed by atoms with Crippen molar-refractivity contribution in [2.45, 2.75) is 64.0 Å². The fraction of sp³-hybridized carbons (Fsp3) is 0.306. The molecule has 4 bridgehead atoms. The molecule has 11 heteroatoms. The van der Waals surface area contributed by atoms with E-state index >= 15 is 8.78 Å². The van der Waals surface area contributed by atoms with Gasteiger partial charge in [0.1, 0.15) is 11.6 Å². The number of carbonyl (C=O) groups is 2. The van der Waals surface area contributed by atoms with Crippen LogP contribution in [0.2, 0.25) is 0 Å². The van der Waals surface area contributed by atoms with Crippen LogP contribution in [0.3, 0.4) is 0 Å². The number of nitrogens with one attached hydrogen (secondary N) is 2. The Bertz CT molecular complexity index is 1930. The molecule has 1 aliphatic heterocycles. The summed E-state index contributed by atoms with van der Waals surface area (Å²) < 4.78 is 44.2. The van der Waals surface area contributed by atoms with Crippen molar-refractivity contribution in [3.05, 3.63) is 101 Å². The Hall–Kier alpha value is -5.19. The third-order valence-electron chi connectivity index (χ3n) is 8.50. The molecule has 0 fully saturated rings. The molecule has 5 aromatic rings. The quantitative estimate of drug-likeness (QED) is 0.183. The highest BCUT2D eigenvalue weighted by molar-refractivity contribution is 5.86. The van der Waals surface area contributed by atoms with Crippen LogP contribution in [0.25, 0.3) is 22.2 Å². The predicted molar refractivity (Wildman–Crippen MR) is 173 cm³/mol. The second kappa shape index (κ2) is 13.3. The molecule has 244 valence electrons. The molecule has 0 radical (unpaired) electrons. The normalized spacial score (nSPS) is 16.9. The van der Waals surface area contributed by atoms with E-state index in [2.05, 4.69) is 10.3 Å². The number of ether oxygens (including phenoxy) is 2. The first-order valence-corrected chi connectivity index (χ1v) is 15.6. The van der Waals surface area contributed by atoms with Gasteiger partial charge in [-0.3, -0.25) is 9.48 Å². The van der Waals surface area contributed by atoms with Gasteiger partial charge in [-0.2, -0.15) is 5.10 Å². The second-order valence-electron chi connectivity index (χ2n) is 12.5. The summed E-state index contributed by atoms with van der Waals surface area (Å²) in [4.78, 5) is 27.1. The minimum Gasteiger partial charge on any atom is -0.481 e. The van der Waals surface area contributed by atoms with E-state index in [-0.39, 0.29) is 42.6 Å². The number of H-pyrrole nitrogens is 1. The van der Waals surface area contributed by atoms with Crippen molar-refractivity contribution in [2.75, 3.05) is 6.61 Å². The number of amides is 1. The Labute approximate surface area is 270 Å². The SMILES string of the molecule is CC1(C)CCCC(c2cccc(CCC(=O)O)c2)n2ccc(n2)-c2cc(ccc2F)Oc2c(F)cc3[nH]ccc3c2CCOC(=O)N1. The number of rotatable bonds is 4. The average molecular weight is 643 g/mol. The smallest absolute Gasteiger partial charge is 0.407 e. The van der Waals surface area contributed by atoms with Gasteiger partial charge < -0.3 is 24.9 Å². The summed E-state index contributed by atoms with van der Waals surface area (Å²) in [6.07, 6.45) is 5.43. The lowest BCUT2D eigenvalue weighted by Crippen LogP contribution is -2.43. The van der Waals surface area contributed by atoms with Crippen LogP contribution in [0.5, 0.6) is 11.5 Å². The fourth-order valence-electron chi connectivity index (χ4n) is 6.14. The van der Waals surface area contributed by atoms with Gasteiger partial charge in [0.15, 0.2) is 11.6 Å². The monoisotopic (exact) mass is 642 g/mol. The number of aryl methyl sites for hydroxylation is 1. The highest BCUT2D eigenvalue weighted by atomic mass is 19.1. The number of hydrogen-bond acceptors (Lipinski definition) is 5. The van der Waals surface area contributed by atoms with Gasteiger partial charge in [0.25, 0.3) is 0 Å². The molecule has 47 heavy (non-hydrogen) atoms. The zero-order valence-corrected chi connectivity index (χ0v) is 26.2. The molecular weight excluding hydrogens is 606 g/mol. The number of nitrogens with zero attached hydrogens (tertiary/aromatic N) is 2. The highest BCUT2D eigenvalue weighted by Crippen LogP contribution is 2.37. The maximum Gasteiger partial charge on any atom is 0.407 e. The van der Waals surface area contributed by atoms with E-state index in [0.717, 1.165) is 16.5 Å². The molecule has 0 saturated heterocycles. The number of carboxylic acids is 1. The van der Waals surface area contributed by atoms with Crippen molar-refractivity contribution in [2.24, 2.45) is 0 Å². The molecule has 6 rings (SSSR count). The van der Waals surface area contributed by atoms with E-state index in [1.807, 2.05) is 38.1 Å². The molecule has 3 aromatic carbocycles. The molecule has 1 aliphatic rings. The molecule has 3 N–H and O–H groups in total. The summed E-state index contributed by atoms with van der Waals surface area (Å²) in [7, 11) is 0. The van der Waals surface area contributed by atoms with Crippen LogP contribution < -0.4 is 10.1 Å². The molecule has 1 unspecified atom stereocenters. The molecule has 0 spiro atoms. The number of aliphatic carboxylic acids is 1. The van der Waals surface area contributed by atoms with Crippen molar-refractivity contribution in [1.29, 1.82) is 0 Å². The van der Waals surface area contributed by atoms with E-state index in [1.165, 1.54) is 24.3 Å². The van der Waals surface area contributed by atoms with Gasteiger partial charge in [0, 0.05) is 58.9 Å². The Morgan fingerprint density at radius 1 is 1.11 bits per heavy atom. The van der Waals surface area contributed by atoms with Crippen LogP contribution in [-0.4, -0.2) is 44.1 Å². The molecule has 0 aliphatic carbocycles. The Morgan fingerprint density at radius 2 is 1.96 bits per heavy atom. The second-order valence-corrected chi connectivity index (χ2v) is 12.5. The lowest BCUT2D eigenvalue weighted by atomic mass is 9.93.